The Morgan fingerprint density at radius 3 is 2.64 bits per heavy atom. The van der Waals surface area contributed by atoms with E-state index in [2.05, 4.69) is 17.1 Å². The van der Waals surface area contributed by atoms with Crippen molar-refractivity contribution >= 4 is 6.09 Å². The molecule has 0 radical (unpaired) electrons. The van der Waals surface area contributed by atoms with Crippen LogP contribution < -0.4 is 0 Å². The number of hydrogen-bond acceptors (Lipinski definition) is 5. The Kier molecular flexibility index (Phi) is 4.85. The molecule has 148 valence electrons. The summed E-state index contributed by atoms with van der Waals surface area (Å²) in [5.74, 6) is 0.138. The molecular weight excluding hydrogens is 354 g/mol. The van der Waals surface area contributed by atoms with Gasteiger partial charge in [0.1, 0.15) is 11.1 Å². The van der Waals surface area contributed by atoms with E-state index in [1.54, 1.807) is 11.1 Å². The van der Waals surface area contributed by atoms with Crippen LogP contribution in [0, 0.1) is 5.92 Å². The van der Waals surface area contributed by atoms with Gasteiger partial charge in [-0.25, -0.2) is 4.79 Å². The standard InChI is InChI=1S/C22H27N3O3/c1-21(2,3)28-20(26)24-14-18-15-27-25(13-17-9-5-4-6-10-17)22(18,16-24)19-11-7-8-12-23-19/h4-12,18H,13-16H2,1-3H3. The fourth-order valence-corrected chi connectivity index (χ4v) is 4.11. The van der Waals surface area contributed by atoms with Gasteiger partial charge < -0.3 is 9.64 Å². The summed E-state index contributed by atoms with van der Waals surface area (Å²) < 4.78 is 5.63. The second-order valence-corrected chi connectivity index (χ2v) is 8.52. The van der Waals surface area contributed by atoms with E-state index in [-0.39, 0.29) is 12.0 Å². The molecule has 2 saturated heterocycles. The third-order valence-corrected chi connectivity index (χ3v) is 5.35. The summed E-state index contributed by atoms with van der Waals surface area (Å²) in [6.07, 6.45) is 1.52. The van der Waals surface area contributed by atoms with E-state index in [0.29, 0.717) is 26.2 Å². The van der Waals surface area contributed by atoms with Crippen LogP contribution in [0.1, 0.15) is 32.0 Å². The monoisotopic (exact) mass is 381 g/mol. The number of pyridine rings is 1. The van der Waals surface area contributed by atoms with E-state index in [1.807, 2.05) is 62.2 Å². The SMILES string of the molecule is CC(C)(C)OC(=O)N1CC2CON(Cc3ccccc3)C2(c2ccccn2)C1. The summed E-state index contributed by atoms with van der Waals surface area (Å²) in [6.45, 7) is 7.95. The molecule has 1 aromatic carbocycles. The molecule has 1 amide bonds. The van der Waals surface area contributed by atoms with Gasteiger partial charge in [-0.1, -0.05) is 36.4 Å². The largest absolute Gasteiger partial charge is 0.444 e. The Bertz CT molecular complexity index is 822. The van der Waals surface area contributed by atoms with Gasteiger partial charge in [0.05, 0.1) is 25.4 Å². The Balaban J connectivity index is 1.66. The smallest absolute Gasteiger partial charge is 0.410 e. The normalized spacial score (nSPS) is 25.0. The Hall–Kier alpha value is -2.44. The molecule has 4 rings (SSSR count). The number of rotatable bonds is 3. The number of hydrogen-bond donors (Lipinski definition) is 0. The molecule has 2 fully saturated rings. The number of aromatic nitrogens is 1. The van der Waals surface area contributed by atoms with Crippen molar-refractivity contribution in [3.63, 3.8) is 0 Å². The van der Waals surface area contributed by atoms with Crippen LogP contribution in [0.4, 0.5) is 4.79 Å². The number of amides is 1. The molecule has 0 saturated carbocycles. The van der Waals surface area contributed by atoms with Crippen LogP contribution in [0.2, 0.25) is 0 Å². The molecule has 6 heteroatoms. The number of benzene rings is 1. The van der Waals surface area contributed by atoms with E-state index >= 15 is 0 Å². The van der Waals surface area contributed by atoms with Crippen LogP contribution in [0.5, 0.6) is 0 Å². The molecule has 0 bridgehead atoms. The quantitative estimate of drug-likeness (QED) is 0.813. The van der Waals surface area contributed by atoms with Gasteiger partial charge >= 0.3 is 6.09 Å². The van der Waals surface area contributed by atoms with Gasteiger partial charge in [0, 0.05) is 18.7 Å². The lowest BCUT2D eigenvalue weighted by Crippen LogP contribution is -2.47. The van der Waals surface area contributed by atoms with Gasteiger partial charge in [-0.3, -0.25) is 9.82 Å². The van der Waals surface area contributed by atoms with Crippen LogP contribution >= 0.6 is 0 Å². The first-order chi connectivity index (χ1) is 13.4. The van der Waals surface area contributed by atoms with Gasteiger partial charge in [-0.2, -0.15) is 5.06 Å². The van der Waals surface area contributed by atoms with Crippen LogP contribution in [-0.2, 0) is 21.7 Å². The number of carbonyl (C=O) groups excluding carboxylic acids is 1. The predicted octanol–water partition coefficient (Wildman–Crippen LogP) is 3.59. The highest BCUT2D eigenvalue weighted by atomic mass is 16.7. The second-order valence-electron chi connectivity index (χ2n) is 8.52. The second kappa shape index (κ2) is 7.18. The van der Waals surface area contributed by atoms with Crippen molar-refractivity contribution in [1.82, 2.24) is 14.9 Å². The molecule has 6 nitrogen and oxygen atoms in total. The van der Waals surface area contributed by atoms with Gasteiger partial charge in [0.15, 0.2) is 0 Å². The van der Waals surface area contributed by atoms with E-state index in [0.717, 1.165) is 11.3 Å². The van der Waals surface area contributed by atoms with Crippen LogP contribution in [-0.4, -0.2) is 46.3 Å². The summed E-state index contributed by atoms with van der Waals surface area (Å²) in [4.78, 5) is 25.3. The van der Waals surface area contributed by atoms with Crippen molar-refractivity contribution in [2.45, 2.75) is 38.5 Å². The molecule has 1 aromatic heterocycles. The number of nitrogens with zero attached hydrogens (tertiary/aromatic N) is 3. The molecule has 28 heavy (non-hydrogen) atoms. The first kappa shape index (κ1) is 18.9. The summed E-state index contributed by atoms with van der Waals surface area (Å²) in [5, 5.41) is 2.01. The summed E-state index contributed by atoms with van der Waals surface area (Å²) >= 11 is 0. The molecule has 2 aromatic rings. The van der Waals surface area contributed by atoms with Crippen molar-refractivity contribution in [2.75, 3.05) is 19.7 Å². The van der Waals surface area contributed by atoms with Crippen LogP contribution in [0.15, 0.2) is 54.7 Å². The minimum atomic E-state index is -0.521. The Morgan fingerprint density at radius 2 is 1.96 bits per heavy atom. The number of fused-ring (bicyclic) bond motifs is 1. The molecule has 2 aliphatic heterocycles. The maximum atomic E-state index is 12.8. The van der Waals surface area contributed by atoms with E-state index in [1.165, 1.54) is 0 Å². The molecule has 3 heterocycles. The lowest BCUT2D eigenvalue weighted by atomic mass is 9.84. The third kappa shape index (κ3) is 3.50. The van der Waals surface area contributed by atoms with Crippen molar-refractivity contribution < 1.29 is 14.4 Å². The number of likely N-dealkylation sites (tertiary alicyclic amines) is 1. The lowest BCUT2D eigenvalue weighted by molar-refractivity contribution is -0.177. The highest BCUT2D eigenvalue weighted by molar-refractivity contribution is 5.69. The van der Waals surface area contributed by atoms with E-state index < -0.39 is 11.1 Å². The molecule has 2 unspecified atom stereocenters. The average molecular weight is 381 g/mol. The lowest BCUT2D eigenvalue weighted by Gasteiger charge is -2.36. The maximum absolute atomic E-state index is 12.8. The minimum Gasteiger partial charge on any atom is -0.444 e. The highest BCUT2D eigenvalue weighted by Crippen LogP contribution is 2.47. The molecule has 0 spiro atoms. The molecule has 0 aliphatic carbocycles. The van der Waals surface area contributed by atoms with Crippen LogP contribution in [0.3, 0.4) is 0 Å². The minimum absolute atomic E-state index is 0.138. The van der Waals surface area contributed by atoms with Gasteiger partial charge in [0.2, 0.25) is 0 Å². The van der Waals surface area contributed by atoms with Crippen LogP contribution in [0.25, 0.3) is 0 Å². The average Bonchev–Trinajstić information content (AvgIpc) is 3.20. The predicted molar refractivity (Wildman–Crippen MR) is 105 cm³/mol. The first-order valence-electron chi connectivity index (χ1n) is 9.72. The van der Waals surface area contributed by atoms with Crippen molar-refractivity contribution in [3.8, 4) is 0 Å². The summed E-state index contributed by atoms with van der Waals surface area (Å²) in [6, 6.07) is 16.2. The molecular formula is C22H27N3O3. The van der Waals surface area contributed by atoms with Crippen molar-refractivity contribution in [3.05, 3.63) is 66.0 Å². The third-order valence-electron chi connectivity index (χ3n) is 5.35. The molecule has 2 atom stereocenters. The van der Waals surface area contributed by atoms with Crippen molar-refractivity contribution in [2.24, 2.45) is 5.92 Å². The maximum Gasteiger partial charge on any atom is 0.410 e. The summed E-state index contributed by atoms with van der Waals surface area (Å²) in [5.41, 5.74) is 1.09. The fourth-order valence-electron chi connectivity index (χ4n) is 4.11. The zero-order valence-electron chi connectivity index (χ0n) is 16.7. The van der Waals surface area contributed by atoms with Crippen molar-refractivity contribution in [1.29, 1.82) is 0 Å². The molecule has 0 N–H and O–H groups in total. The molecule has 2 aliphatic rings. The van der Waals surface area contributed by atoms with Gasteiger partial charge in [0.25, 0.3) is 0 Å². The summed E-state index contributed by atoms with van der Waals surface area (Å²) in [7, 11) is 0. The zero-order chi connectivity index (χ0) is 19.8. The Morgan fingerprint density at radius 1 is 1.21 bits per heavy atom. The Labute approximate surface area is 166 Å². The fraction of sp³-hybridized carbons (Fsp3) is 0.455. The zero-order valence-corrected chi connectivity index (χ0v) is 16.7. The van der Waals surface area contributed by atoms with Gasteiger partial charge in [-0.05, 0) is 38.5 Å². The number of ether oxygens (including phenoxy) is 1. The number of hydroxylamine groups is 2. The number of carbonyl (C=O) groups is 1. The van der Waals surface area contributed by atoms with E-state index in [9.17, 15) is 4.79 Å². The highest BCUT2D eigenvalue weighted by Gasteiger charge is 2.59. The first-order valence-corrected chi connectivity index (χ1v) is 9.72. The topological polar surface area (TPSA) is 54.9 Å². The van der Waals surface area contributed by atoms with E-state index in [4.69, 9.17) is 9.57 Å². The van der Waals surface area contributed by atoms with Gasteiger partial charge in [-0.15, -0.1) is 0 Å².